The van der Waals surface area contributed by atoms with Crippen molar-refractivity contribution >= 4 is 28.0 Å². The fraction of sp³-hybridized carbons (Fsp3) is 0.130. The van der Waals surface area contributed by atoms with Crippen LogP contribution in [0, 0.1) is 6.92 Å². The quantitative estimate of drug-likeness (QED) is 0.524. The van der Waals surface area contributed by atoms with E-state index in [4.69, 9.17) is 0 Å². The zero-order valence-corrected chi connectivity index (χ0v) is 16.3. The van der Waals surface area contributed by atoms with E-state index >= 15 is 0 Å². The van der Waals surface area contributed by atoms with Crippen LogP contribution in [0.2, 0.25) is 0 Å². The number of hydrogen-bond donors (Lipinski definition) is 2. The van der Waals surface area contributed by atoms with E-state index in [2.05, 4.69) is 28.5 Å². The average molecular weight is 388 g/mol. The van der Waals surface area contributed by atoms with Gasteiger partial charge in [-0.3, -0.25) is 9.59 Å². The lowest BCUT2D eigenvalue weighted by atomic mass is 10.0. The van der Waals surface area contributed by atoms with Crippen molar-refractivity contribution in [2.24, 2.45) is 0 Å². The van der Waals surface area contributed by atoms with E-state index in [-0.39, 0.29) is 23.2 Å². The third-order valence-electron chi connectivity index (χ3n) is 4.80. The minimum absolute atomic E-state index is 0.162. The molecule has 1 atom stereocenters. The minimum Gasteiger partial charge on any atom is -0.343 e. The van der Waals surface area contributed by atoms with Gasteiger partial charge in [-0.15, -0.1) is 11.3 Å². The van der Waals surface area contributed by atoms with Gasteiger partial charge in [-0.05, 0) is 53.4 Å². The maximum Gasteiger partial charge on any atom is 0.268 e. The predicted molar refractivity (Wildman–Crippen MR) is 114 cm³/mol. The molecule has 1 unspecified atom stereocenters. The summed E-state index contributed by atoms with van der Waals surface area (Å²) in [5.74, 6) is -0.281. The predicted octanol–water partition coefficient (Wildman–Crippen LogP) is 4.61. The summed E-state index contributed by atoms with van der Waals surface area (Å²) in [6, 6.07) is 21.0. The summed E-state index contributed by atoms with van der Waals surface area (Å²) in [4.78, 5) is 29.1. The molecule has 4 aromatic rings. The van der Waals surface area contributed by atoms with Gasteiger partial charge in [0.1, 0.15) is 5.69 Å². The second kappa shape index (κ2) is 7.82. The molecule has 0 aliphatic rings. The fourth-order valence-electron chi connectivity index (χ4n) is 3.37. The molecule has 1 amide bonds. The van der Waals surface area contributed by atoms with Crippen molar-refractivity contribution in [3.8, 4) is 0 Å². The van der Waals surface area contributed by atoms with Crippen LogP contribution in [-0.2, 0) is 6.42 Å². The molecular formula is C23H20N2O2S. The zero-order chi connectivity index (χ0) is 19.5. The lowest BCUT2D eigenvalue weighted by molar-refractivity contribution is 0.0932. The highest BCUT2D eigenvalue weighted by atomic mass is 32.1. The molecule has 4 rings (SSSR count). The molecule has 2 heterocycles. The number of H-pyrrole nitrogens is 1. The number of rotatable bonds is 5. The Morgan fingerprint density at radius 2 is 1.82 bits per heavy atom. The first-order chi connectivity index (χ1) is 13.6. The van der Waals surface area contributed by atoms with Crippen LogP contribution in [0.15, 0.2) is 76.9 Å². The molecule has 0 spiro atoms. The van der Waals surface area contributed by atoms with Crippen molar-refractivity contribution in [2.45, 2.75) is 19.4 Å². The minimum atomic E-state index is -0.281. The molecule has 0 radical (unpaired) electrons. The van der Waals surface area contributed by atoms with E-state index in [1.54, 1.807) is 23.5 Å². The highest BCUT2D eigenvalue weighted by Crippen LogP contribution is 2.27. The Morgan fingerprint density at radius 1 is 1.07 bits per heavy atom. The summed E-state index contributed by atoms with van der Waals surface area (Å²) in [7, 11) is 0. The topological polar surface area (TPSA) is 62.0 Å². The molecule has 2 N–H and O–H groups in total. The Kier molecular flexibility index (Phi) is 5.08. The monoisotopic (exact) mass is 388 g/mol. The average Bonchev–Trinajstić information content (AvgIpc) is 3.14. The smallest absolute Gasteiger partial charge is 0.268 e. The molecule has 0 saturated carbocycles. The summed E-state index contributed by atoms with van der Waals surface area (Å²) >= 11 is 1.63. The number of fused-ring (bicyclic) bond motifs is 1. The first-order valence-electron chi connectivity index (χ1n) is 9.12. The van der Waals surface area contributed by atoms with Gasteiger partial charge in [0.2, 0.25) is 0 Å². The molecule has 0 fully saturated rings. The van der Waals surface area contributed by atoms with E-state index in [9.17, 15) is 9.59 Å². The van der Waals surface area contributed by atoms with Crippen molar-refractivity contribution in [2.75, 3.05) is 0 Å². The van der Waals surface area contributed by atoms with Gasteiger partial charge in [-0.1, -0.05) is 48.5 Å². The van der Waals surface area contributed by atoms with Crippen molar-refractivity contribution < 1.29 is 4.79 Å². The van der Waals surface area contributed by atoms with Crippen LogP contribution in [-0.4, -0.2) is 10.9 Å². The number of aromatic amines is 1. The summed E-state index contributed by atoms with van der Waals surface area (Å²) in [5.41, 5.74) is 2.32. The lowest BCUT2D eigenvalue weighted by Gasteiger charge is -2.19. The summed E-state index contributed by atoms with van der Waals surface area (Å²) in [6.07, 6.45) is 0.686. The summed E-state index contributed by atoms with van der Waals surface area (Å²) in [5, 5.41) is 6.48. The first kappa shape index (κ1) is 18.2. The number of pyridine rings is 1. The van der Waals surface area contributed by atoms with Crippen LogP contribution in [0.4, 0.5) is 0 Å². The normalized spacial score (nSPS) is 12.0. The van der Waals surface area contributed by atoms with Gasteiger partial charge in [-0.2, -0.15) is 0 Å². The maximum atomic E-state index is 13.0. The van der Waals surface area contributed by atoms with Crippen molar-refractivity contribution in [3.63, 3.8) is 0 Å². The van der Waals surface area contributed by atoms with Crippen LogP contribution in [0.1, 0.15) is 32.5 Å². The number of benzene rings is 2. The van der Waals surface area contributed by atoms with Gasteiger partial charge in [0.05, 0.1) is 6.04 Å². The van der Waals surface area contributed by atoms with Crippen LogP contribution < -0.4 is 10.9 Å². The van der Waals surface area contributed by atoms with Crippen molar-refractivity contribution in [1.82, 2.24) is 10.3 Å². The number of aryl methyl sites for hydroxylation is 1. The van der Waals surface area contributed by atoms with E-state index < -0.39 is 0 Å². The standard InChI is InChI=1S/C23H20N2O2S/c1-15-11-12-28-21(15)19(13-16-7-3-2-4-8-16)24-23(27)20-14-17-9-5-6-10-18(17)22(26)25-20/h2-12,14,19H,13H2,1H3,(H,24,27)(H,25,26). The Morgan fingerprint density at radius 3 is 2.57 bits per heavy atom. The van der Waals surface area contributed by atoms with Gasteiger partial charge >= 0.3 is 0 Å². The number of carbonyl (C=O) groups is 1. The zero-order valence-electron chi connectivity index (χ0n) is 15.4. The van der Waals surface area contributed by atoms with E-state index in [0.717, 1.165) is 21.4 Å². The van der Waals surface area contributed by atoms with Gasteiger partial charge in [0.15, 0.2) is 0 Å². The molecule has 0 aliphatic heterocycles. The Labute approximate surface area is 166 Å². The number of amides is 1. The van der Waals surface area contributed by atoms with Crippen LogP contribution in [0.25, 0.3) is 10.8 Å². The van der Waals surface area contributed by atoms with Gasteiger partial charge in [-0.25, -0.2) is 0 Å². The molecule has 2 aromatic carbocycles. The maximum absolute atomic E-state index is 13.0. The number of carbonyl (C=O) groups excluding carboxylic acids is 1. The van der Waals surface area contributed by atoms with Crippen LogP contribution >= 0.6 is 11.3 Å². The summed E-state index contributed by atoms with van der Waals surface area (Å²) < 4.78 is 0. The molecule has 0 aliphatic carbocycles. The summed E-state index contributed by atoms with van der Waals surface area (Å²) in [6.45, 7) is 2.05. The molecule has 140 valence electrons. The van der Waals surface area contributed by atoms with Crippen LogP contribution in [0.3, 0.4) is 0 Å². The molecule has 4 nitrogen and oxygen atoms in total. The van der Waals surface area contributed by atoms with E-state index in [1.165, 1.54) is 0 Å². The highest BCUT2D eigenvalue weighted by molar-refractivity contribution is 7.10. The lowest BCUT2D eigenvalue weighted by Crippen LogP contribution is -2.31. The number of aromatic nitrogens is 1. The highest BCUT2D eigenvalue weighted by Gasteiger charge is 2.20. The van der Waals surface area contributed by atoms with Gasteiger partial charge in [0.25, 0.3) is 11.5 Å². The van der Waals surface area contributed by atoms with Crippen molar-refractivity contribution in [3.05, 3.63) is 104 Å². The second-order valence-electron chi connectivity index (χ2n) is 6.78. The third-order valence-corrected chi connectivity index (χ3v) is 5.94. The first-order valence-corrected chi connectivity index (χ1v) is 10.0. The fourth-order valence-corrected chi connectivity index (χ4v) is 4.35. The van der Waals surface area contributed by atoms with E-state index in [1.807, 2.05) is 48.7 Å². The third kappa shape index (κ3) is 3.75. The molecule has 0 bridgehead atoms. The largest absolute Gasteiger partial charge is 0.343 e. The molecule has 2 aromatic heterocycles. The number of thiophene rings is 1. The number of nitrogens with one attached hydrogen (secondary N) is 2. The molecule has 0 saturated heterocycles. The Balaban J connectivity index is 1.66. The van der Waals surface area contributed by atoms with Gasteiger partial charge < -0.3 is 10.3 Å². The van der Waals surface area contributed by atoms with Crippen LogP contribution in [0.5, 0.6) is 0 Å². The second-order valence-corrected chi connectivity index (χ2v) is 7.73. The molecule has 28 heavy (non-hydrogen) atoms. The molecular weight excluding hydrogens is 368 g/mol. The molecule has 5 heteroatoms. The SMILES string of the molecule is Cc1ccsc1C(Cc1ccccc1)NC(=O)c1cc2ccccc2c(=O)[nH]1. The van der Waals surface area contributed by atoms with Crippen molar-refractivity contribution in [1.29, 1.82) is 0 Å². The number of hydrogen-bond acceptors (Lipinski definition) is 3. The van der Waals surface area contributed by atoms with E-state index in [0.29, 0.717) is 11.8 Å². The van der Waals surface area contributed by atoms with Gasteiger partial charge in [0, 0.05) is 10.3 Å². The Hall–Kier alpha value is -3.18. The Bertz CT molecular complexity index is 1180.